The molecule has 0 radical (unpaired) electrons. The van der Waals surface area contributed by atoms with Gasteiger partial charge in [0.05, 0.1) is 6.20 Å². The highest BCUT2D eigenvalue weighted by molar-refractivity contribution is 9.10. The molecule has 0 aliphatic carbocycles. The molecule has 0 atom stereocenters. The molecule has 6 heteroatoms. The lowest BCUT2D eigenvalue weighted by atomic mass is 10.2. The van der Waals surface area contributed by atoms with E-state index in [1.165, 1.54) is 0 Å². The van der Waals surface area contributed by atoms with Gasteiger partial charge < -0.3 is 5.32 Å². The van der Waals surface area contributed by atoms with E-state index in [9.17, 15) is 4.79 Å². The van der Waals surface area contributed by atoms with E-state index in [0.717, 1.165) is 15.7 Å². The van der Waals surface area contributed by atoms with E-state index in [0.29, 0.717) is 17.1 Å². The van der Waals surface area contributed by atoms with Gasteiger partial charge in [0, 0.05) is 32.9 Å². The van der Waals surface area contributed by atoms with Crippen LogP contribution in [-0.2, 0) is 6.54 Å². The van der Waals surface area contributed by atoms with Gasteiger partial charge in [-0.25, -0.2) is 0 Å². The van der Waals surface area contributed by atoms with Crippen LogP contribution < -0.4 is 5.32 Å². The predicted molar refractivity (Wildman–Crippen MR) is 73.6 cm³/mol. The Balaban J connectivity index is 2.06. The number of aryl methyl sites for hydroxylation is 1. The number of aromatic amines is 1. The molecule has 94 valence electrons. The summed E-state index contributed by atoms with van der Waals surface area (Å²) in [6.07, 6.45) is 1.70. The highest BCUT2D eigenvalue weighted by Gasteiger charge is 2.08. The fraction of sp³-hybridized carbons (Fsp3) is 0.167. The summed E-state index contributed by atoms with van der Waals surface area (Å²) in [4.78, 5) is 11.9. The van der Waals surface area contributed by atoms with Crippen LogP contribution in [0.25, 0.3) is 0 Å². The molecule has 0 aliphatic heterocycles. The summed E-state index contributed by atoms with van der Waals surface area (Å²) in [7, 11) is 0. The van der Waals surface area contributed by atoms with Crippen molar-refractivity contribution < 1.29 is 4.79 Å². The van der Waals surface area contributed by atoms with Crippen molar-refractivity contribution in [3.63, 3.8) is 0 Å². The molecule has 0 bridgehead atoms. The summed E-state index contributed by atoms with van der Waals surface area (Å²) >= 11 is 9.20. The summed E-state index contributed by atoms with van der Waals surface area (Å²) in [5, 5.41) is 10.1. The molecule has 0 unspecified atom stereocenters. The smallest absolute Gasteiger partial charge is 0.251 e. The van der Waals surface area contributed by atoms with Crippen molar-refractivity contribution >= 4 is 33.4 Å². The third-order valence-corrected chi connectivity index (χ3v) is 3.17. The summed E-state index contributed by atoms with van der Waals surface area (Å²) in [6.45, 7) is 2.34. The molecule has 0 saturated carbocycles. The number of carbonyl (C=O) groups excluding carboxylic acids is 1. The Labute approximate surface area is 118 Å². The highest BCUT2D eigenvalue weighted by atomic mass is 79.9. The van der Waals surface area contributed by atoms with Gasteiger partial charge in [0.2, 0.25) is 0 Å². The number of nitrogens with zero attached hydrogens (tertiary/aromatic N) is 1. The third-order valence-electron chi connectivity index (χ3n) is 2.50. The summed E-state index contributed by atoms with van der Waals surface area (Å²) in [5.41, 5.74) is 2.43. The summed E-state index contributed by atoms with van der Waals surface area (Å²) < 4.78 is 0.777. The Morgan fingerprint density at radius 1 is 1.50 bits per heavy atom. The molecule has 18 heavy (non-hydrogen) atoms. The maximum absolute atomic E-state index is 11.9. The Kier molecular flexibility index (Phi) is 4.04. The fourth-order valence-electron chi connectivity index (χ4n) is 1.52. The van der Waals surface area contributed by atoms with E-state index < -0.39 is 0 Å². The summed E-state index contributed by atoms with van der Waals surface area (Å²) in [6, 6.07) is 5.09. The van der Waals surface area contributed by atoms with Crippen molar-refractivity contribution in [2.45, 2.75) is 13.5 Å². The Morgan fingerprint density at radius 3 is 2.89 bits per heavy atom. The number of nitrogens with one attached hydrogen (secondary N) is 2. The molecule has 1 amide bonds. The van der Waals surface area contributed by atoms with Crippen LogP contribution in [-0.4, -0.2) is 16.1 Å². The van der Waals surface area contributed by atoms with Gasteiger partial charge in [0.25, 0.3) is 5.91 Å². The van der Waals surface area contributed by atoms with Crippen LogP contribution in [0.15, 0.2) is 28.9 Å². The van der Waals surface area contributed by atoms with Crippen LogP contribution >= 0.6 is 27.5 Å². The van der Waals surface area contributed by atoms with Crippen LogP contribution in [0, 0.1) is 6.92 Å². The quantitative estimate of drug-likeness (QED) is 0.910. The van der Waals surface area contributed by atoms with Crippen molar-refractivity contribution in [3.05, 3.63) is 50.7 Å². The average Bonchev–Trinajstić information content (AvgIpc) is 2.70. The number of carbonyl (C=O) groups is 1. The minimum Gasteiger partial charge on any atom is -0.348 e. The van der Waals surface area contributed by atoms with Crippen LogP contribution in [0.1, 0.15) is 21.6 Å². The molecular weight excluding hydrogens is 318 g/mol. The molecule has 1 aromatic heterocycles. The van der Waals surface area contributed by atoms with Crippen molar-refractivity contribution in [2.75, 3.05) is 0 Å². The number of hydrogen-bond acceptors (Lipinski definition) is 2. The first-order chi connectivity index (χ1) is 8.56. The van der Waals surface area contributed by atoms with Gasteiger partial charge in [0.1, 0.15) is 0 Å². The monoisotopic (exact) mass is 327 g/mol. The minimum absolute atomic E-state index is 0.168. The molecule has 0 aliphatic rings. The number of benzene rings is 1. The third kappa shape index (κ3) is 3.11. The van der Waals surface area contributed by atoms with Crippen LogP contribution in [0.2, 0.25) is 5.02 Å². The number of rotatable bonds is 3. The lowest BCUT2D eigenvalue weighted by molar-refractivity contribution is 0.0951. The largest absolute Gasteiger partial charge is 0.348 e. The van der Waals surface area contributed by atoms with Crippen LogP contribution in [0.5, 0.6) is 0 Å². The van der Waals surface area contributed by atoms with E-state index >= 15 is 0 Å². The average molecular weight is 329 g/mol. The normalized spacial score (nSPS) is 10.4. The second-order valence-corrected chi connectivity index (χ2v) is 5.21. The zero-order valence-corrected chi connectivity index (χ0v) is 12.0. The van der Waals surface area contributed by atoms with Crippen molar-refractivity contribution in [3.8, 4) is 0 Å². The first-order valence-electron chi connectivity index (χ1n) is 5.29. The zero-order valence-electron chi connectivity index (χ0n) is 9.63. The number of amides is 1. The molecule has 0 fully saturated rings. The lowest BCUT2D eigenvalue weighted by Crippen LogP contribution is -2.22. The molecular formula is C12H11BrClN3O. The number of H-pyrrole nitrogens is 1. The number of halogens is 2. The van der Waals surface area contributed by atoms with E-state index in [4.69, 9.17) is 11.6 Å². The lowest BCUT2D eigenvalue weighted by Gasteiger charge is -2.05. The van der Waals surface area contributed by atoms with Gasteiger partial charge in [-0.1, -0.05) is 27.5 Å². The maximum atomic E-state index is 11.9. The van der Waals surface area contributed by atoms with E-state index in [1.807, 2.05) is 6.92 Å². The van der Waals surface area contributed by atoms with Gasteiger partial charge in [-0.15, -0.1) is 0 Å². The first-order valence-corrected chi connectivity index (χ1v) is 6.46. The molecule has 0 spiro atoms. The van der Waals surface area contributed by atoms with Crippen LogP contribution in [0.4, 0.5) is 0 Å². The first kappa shape index (κ1) is 13.1. The zero-order chi connectivity index (χ0) is 13.1. The molecule has 4 nitrogen and oxygen atoms in total. The maximum Gasteiger partial charge on any atom is 0.251 e. The predicted octanol–water partition coefficient (Wildman–Crippen LogP) is 3.06. The van der Waals surface area contributed by atoms with Gasteiger partial charge in [-0.2, -0.15) is 5.10 Å². The van der Waals surface area contributed by atoms with Crippen molar-refractivity contribution in [1.29, 1.82) is 0 Å². The second-order valence-electron chi connectivity index (χ2n) is 3.86. The minimum atomic E-state index is -0.168. The van der Waals surface area contributed by atoms with Gasteiger partial charge in [-0.3, -0.25) is 9.89 Å². The van der Waals surface area contributed by atoms with E-state index in [-0.39, 0.29) is 5.91 Å². The highest BCUT2D eigenvalue weighted by Crippen LogP contribution is 2.19. The van der Waals surface area contributed by atoms with Gasteiger partial charge in [0.15, 0.2) is 0 Å². The molecule has 2 rings (SSSR count). The molecule has 2 aromatic rings. The molecule has 1 aromatic carbocycles. The second kappa shape index (κ2) is 5.54. The van der Waals surface area contributed by atoms with Crippen LogP contribution in [0.3, 0.4) is 0 Å². The van der Waals surface area contributed by atoms with Crippen molar-refractivity contribution in [2.24, 2.45) is 0 Å². The molecule has 1 heterocycles. The fourth-order valence-corrected chi connectivity index (χ4v) is 2.38. The van der Waals surface area contributed by atoms with Gasteiger partial charge in [-0.05, 0) is 25.1 Å². The number of hydrogen-bond donors (Lipinski definition) is 2. The van der Waals surface area contributed by atoms with E-state index in [2.05, 4.69) is 31.4 Å². The topological polar surface area (TPSA) is 57.8 Å². The number of aromatic nitrogens is 2. The Morgan fingerprint density at radius 2 is 2.28 bits per heavy atom. The van der Waals surface area contributed by atoms with Crippen molar-refractivity contribution in [1.82, 2.24) is 15.5 Å². The standard InChI is InChI=1S/C12H11BrClN3O/c1-7-9(6-16-17-7)5-15-12(18)8-2-10(13)4-11(14)3-8/h2-4,6H,5H2,1H3,(H,15,18)(H,16,17). The molecule has 2 N–H and O–H groups in total. The van der Waals surface area contributed by atoms with Gasteiger partial charge >= 0.3 is 0 Å². The molecule has 0 saturated heterocycles. The Bertz CT molecular complexity index is 562. The SMILES string of the molecule is Cc1[nH]ncc1CNC(=O)c1cc(Cl)cc(Br)c1. The summed E-state index contributed by atoms with van der Waals surface area (Å²) in [5.74, 6) is -0.168. The van der Waals surface area contributed by atoms with E-state index in [1.54, 1.807) is 24.4 Å². The Hall–Kier alpha value is -1.33.